The summed E-state index contributed by atoms with van der Waals surface area (Å²) in [7, 11) is 0. The van der Waals surface area contributed by atoms with Gasteiger partial charge < -0.3 is 14.9 Å². The molecule has 2 N–H and O–H groups in total. The summed E-state index contributed by atoms with van der Waals surface area (Å²) in [6.07, 6.45) is 2.06. The average Bonchev–Trinajstić information content (AvgIpc) is 2.48. The molecule has 0 aliphatic rings. The molecule has 0 aliphatic carbocycles. The van der Waals surface area contributed by atoms with Crippen molar-refractivity contribution in [1.82, 2.24) is 0 Å². The molecular formula is C15H20O4. The van der Waals surface area contributed by atoms with Gasteiger partial charge in [-0.15, -0.1) is 0 Å². The van der Waals surface area contributed by atoms with E-state index in [0.717, 1.165) is 11.1 Å². The van der Waals surface area contributed by atoms with Crippen molar-refractivity contribution in [2.75, 3.05) is 13.2 Å². The van der Waals surface area contributed by atoms with Crippen LogP contribution in [0, 0.1) is 5.41 Å². The zero-order valence-electron chi connectivity index (χ0n) is 11.1. The van der Waals surface area contributed by atoms with E-state index in [1.54, 1.807) is 13.0 Å². The molecule has 4 heteroatoms. The second kappa shape index (κ2) is 7.07. The van der Waals surface area contributed by atoms with E-state index in [2.05, 4.69) is 6.58 Å². The number of aliphatic hydroxyl groups excluding tert-OH is 2. The molecule has 0 fully saturated rings. The minimum Gasteiger partial charge on any atom is -0.460 e. The van der Waals surface area contributed by atoms with Gasteiger partial charge in [0.25, 0.3) is 0 Å². The number of carbonyl (C=O) groups is 1. The Hall–Kier alpha value is -1.65. The third-order valence-corrected chi connectivity index (χ3v) is 3.30. The van der Waals surface area contributed by atoms with Gasteiger partial charge in [-0.3, -0.25) is 4.79 Å². The normalized spacial score (nSPS) is 11.1. The van der Waals surface area contributed by atoms with Crippen LogP contribution in [0.4, 0.5) is 0 Å². The molecule has 0 saturated heterocycles. The second-order valence-corrected chi connectivity index (χ2v) is 4.47. The number of benzene rings is 1. The van der Waals surface area contributed by atoms with Gasteiger partial charge in [0.05, 0.1) is 13.2 Å². The zero-order valence-corrected chi connectivity index (χ0v) is 11.1. The molecule has 0 heterocycles. The van der Waals surface area contributed by atoms with Crippen molar-refractivity contribution in [3.63, 3.8) is 0 Å². The first-order valence-corrected chi connectivity index (χ1v) is 6.22. The molecule has 0 atom stereocenters. The standard InChI is InChI=1S/C15H20O4/c1-3-12-5-7-13(8-6-12)9-19-14(18)15(4-2,10-16)11-17/h3,5-8,16-17H,1,4,9-11H2,2H3. The maximum Gasteiger partial charge on any atom is 0.317 e. The Labute approximate surface area is 113 Å². The maximum atomic E-state index is 11.9. The molecule has 0 saturated carbocycles. The first-order valence-electron chi connectivity index (χ1n) is 6.22. The van der Waals surface area contributed by atoms with Crippen LogP contribution in [0.2, 0.25) is 0 Å². The fourth-order valence-electron chi connectivity index (χ4n) is 1.60. The first kappa shape index (κ1) is 15.4. The first-order chi connectivity index (χ1) is 9.11. The number of carbonyl (C=O) groups excluding carboxylic acids is 1. The molecule has 0 unspecified atom stereocenters. The summed E-state index contributed by atoms with van der Waals surface area (Å²) in [6.45, 7) is 4.67. The minimum absolute atomic E-state index is 0.123. The largest absolute Gasteiger partial charge is 0.460 e. The zero-order chi connectivity index (χ0) is 14.3. The van der Waals surface area contributed by atoms with Crippen molar-refractivity contribution >= 4 is 12.0 Å². The Morgan fingerprint density at radius 2 is 1.89 bits per heavy atom. The molecular weight excluding hydrogens is 244 g/mol. The SMILES string of the molecule is C=Cc1ccc(COC(=O)C(CC)(CO)CO)cc1. The summed E-state index contributed by atoms with van der Waals surface area (Å²) in [5.74, 6) is -0.576. The number of esters is 1. The third kappa shape index (κ3) is 3.66. The van der Waals surface area contributed by atoms with Crippen LogP contribution >= 0.6 is 0 Å². The Morgan fingerprint density at radius 1 is 1.32 bits per heavy atom. The van der Waals surface area contributed by atoms with Gasteiger partial charge in [-0.05, 0) is 17.5 Å². The van der Waals surface area contributed by atoms with Crippen LogP contribution in [0.5, 0.6) is 0 Å². The molecule has 1 aromatic carbocycles. The fourth-order valence-corrected chi connectivity index (χ4v) is 1.60. The minimum atomic E-state index is -1.21. The Bertz CT molecular complexity index is 410. The molecule has 0 aliphatic heterocycles. The van der Waals surface area contributed by atoms with E-state index in [-0.39, 0.29) is 6.61 Å². The van der Waals surface area contributed by atoms with Crippen molar-refractivity contribution < 1.29 is 19.7 Å². The van der Waals surface area contributed by atoms with Crippen molar-refractivity contribution in [1.29, 1.82) is 0 Å². The van der Waals surface area contributed by atoms with Crippen LogP contribution in [0.1, 0.15) is 24.5 Å². The second-order valence-electron chi connectivity index (χ2n) is 4.47. The lowest BCUT2D eigenvalue weighted by Crippen LogP contribution is -2.39. The maximum absolute atomic E-state index is 11.9. The molecule has 0 bridgehead atoms. The molecule has 1 rings (SSSR count). The predicted molar refractivity (Wildman–Crippen MR) is 73.2 cm³/mol. The molecule has 1 aromatic rings. The van der Waals surface area contributed by atoms with Gasteiger partial charge >= 0.3 is 5.97 Å². The molecule has 0 spiro atoms. The van der Waals surface area contributed by atoms with Gasteiger partial charge in [0.15, 0.2) is 0 Å². The lowest BCUT2D eigenvalue weighted by molar-refractivity contribution is -0.163. The van der Waals surface area contributed by atoms with Gasteiger partial charge in [0, 0.05) is 0 Å². The lowest BCUT2D eigenvalue weighted by atomic mass is 9.87. The van der Waals surface area contributed by atoms with Crippen LogP contribution < -0.4 is 0 Å². The summed E-state index contributed by atoms with van der Waals surface area (Å²) in [4.78, 5) is 11.9. The highest BCUT2D eigenvalue weighted by molar-refractivity contribution is 5.77. The van der Waals surface area contributed by atoms with Gasteiger partial charge in [0.2, 0.25) is 0 Å². The summed E-state index contributed by atoms with van der Waals surface area (Å²) >= 11 is 0. The quantitative estimate of drug-likeness (QED) is 0.736. The van der Waals surface area contributed by atoms with Crippen LogP contribution in [0.15, 0.2) is 30.8 Å². The van der Waals surface area contributed by atoms with Crippen LogP contribution in [-0.2, 0) is 16.1 Å². The van der Waals surface area contributed by atoms with Crippen molar-refractivity contribution in [3.05, 3.63) is 42.0 Å². The smallest absolute Gasteiger partial charge is 0.317 e. The van der Waals surface area contributed by atoms with Crippen LogP contribution in [-0.4, -0.2) is 29.4 Å². The van der Waals surface area contributed by atoms with E-state index in [1.165, 1.54) is 0 Å². The molecule has 0 amide bonds. The number of ether oxygens (including phenoxy) is 1. The summed E-state index contributed by atoms with van der Waals surface area (Å²) in [5, 5.41) is 18.5. The number of aliphatic hydroxyl groups is 2. The van der Waals surface area contributed by atoms with Crippen molar-refractivity contribution in [3.8, 4) is 0 Å². The topological polar surface area (TPSA) is 66.8 Å². The Balaban J connectivity index is 2.64. The average molecular weight is 264 g/mol. The molecule has 0 radical (unpaired) electrons. The molecule has 4 nitrogen and oxygen atoms in total. The molecule has 104 valence electrons. The highest BCUT2D eigenvalue weighted by Gasteiger charge is 2.37. The van der Waals surface area contributed by atoms with Crippen molar-refractivity contribution in [2.24, 2.45) is 5.41 Å². The van der Waals surface area contributed by atoms with Gasteiger partial charge in [0.1, 0.15) is 12.0 Å². The fraction of sp³-hybridized carbons (Fsp3) is 0.400. The van der Waals surface area contributed by atoms with E-state index in [4.69, 9.17) is 4.74 Å². The number of rotatable bonds is 7. The van der Waals surface area contributed by atoms with Crippen LogP contribution in [0.25, 0.3) is 6.08 Å². The number of hydrogen-bond acceptors (Lipinski definition) is 4. The van der Waals surface area contributed by atoms with Gasteiger partial charge in [-0.1, -0.05) is 43.8 Å². The van der Waals surface area contributed by atoms with Gasteiger partial charge in [-0.2, -0.15) is 0 Å². The highest BCUT2D eigenvalue weighted by atomic mass is 16.5. The third-order valence-electron chi connectivity index (χ3n) is 3.30. The lowest BCUT2D eigenvalue weighted by Gasteiger charge is -2.25. The summed E-state index contributed by atoms with van der Waals surface area (Å²) in [6, 6.07) is 7.44. The van der Waals surface area contributed by atoms with Crippen molar-refractivity contribution in [2.45, 2.75) is 20.0 Å². The van der Waals surface area contributed by atoms with E-state index in [9.17, 15) is 15.0 Å². The van der Waals surface area contributed by atoms with E-state index >= 15 is 0 Å². The number of hydrogen-bond donors (Lipinski definition) is 2. The molecule has 19 heavy (non-hydrogen) atoms. The van der Waals surface area contributed by atoms with Gasteiger partial charge in [-0.25, -0.2) is 0 Å². The van der Waals surface area contributed by atoms with Crippen LogP contribution in [0.3, 0.4) is 0 Å². The summed E-state index contributed by atoms with van der Waals surface area (Å²) < 4.78 is 5.15. The highest BCUT2D eigenvalue weighted by Crippen LogP contribution is 2.23. The van der Waals surface area contributed by atoms with E-state index < -0.39 is 24.6 Å². The predicted octanol–water partition coefficient (Wildman–Crippen LogP) is 1.75. The Kier molecular flexibility index (Phi) is 5.73. The Morgan fingerprint density at radius 3 is 2.32 bits per heavy atom. The summed E-state index contributed by atoms with van der Waals surface area (Å²) in [5.41, 5.74) is 0.629. The molecule has 0 aromatic heterocycles. The monoisotopic (exact) mass is 264 g/mol. The van der Waals surface area contributed by atoms with E-state index in [1.807, 2.05) is 24.3 Å². The van der Waals surface area contributed by atoms with E-state index in [0.29, 0.717) is 6.42 Å².